The number of aromatic amines is 1. The third-order valence-corrected chi connectivity index (χ3v) is 5.33. The number of hydrogen-bond donors (Lipinski definition) is 2. The number of aromatic nitrogens is 3. The van der Waals surface area contributed by atoms with Crippen LogP contribution in [0.15, 0.2) is 22.0 Å². The molecule has 2 aromatic rings. The minimum atomic E-state index is -3.51. The lowest BCUT2D eigenvalue weighted by Gasteiger charge is -2.13. The number of hydrogen-bond acceptors (Lipinski definition) is 6. The molecule has 2 heterocycles. The lowest BCUT2D eigenvalue weighted by Crippen LogP contribution is -2.26. The number of nitrogen functional groups attached to an aromatic ring is 1. The molecule has 0 unspecified atom stereocenters. The monoisotopic (exact) mass is 273 g/mol. The Balaban J connectivity index is 2.21. The summed E-state index contributed by atoms with van der Waals surface area (Å²) in [6.45, 7) is 0.139. The van der Waals surface area contributed by atoms with Crippen LogP contribution in [0.1, 0.15) is 5.82 Å². The van der Waals surface area contributed by atoms with Crippen molar-refractivity contribution in [3.05, 3.63) is 23.6 Å². The number of nitrogens with one attached hydrogen (secondary N) is 1. The Labute approximate surface area is 102 Å². The minimum Gasteiger partial charge on any atom is -0.398 e. The van der Waals surface area contributed by atoms with Crippen LogP contribution in [0.3, 0.4) is 0 Å². The van der Waals surface area contributed by atoms with E-state index in [2.05, 4.69) is 15.2 Å². The third kappa shape index (κ3) is 2.46. The highest BCUT2D eigenvalue weighted by molar-refractivity contribution is 7.91. The average molecular weight is 273 g/mol. The predicted molar refractivity (Wildman–Crippen MR) is 63.8 cm³/mol. The molecule has 0 aliphatic heterocycles. The van der Waals surface area contributed by atoms with Gasteiger partial charge in [0, 0.05) is 18.1 Å². The molecule has 9 heteroatoms. The molecule has 17 heavy (non-hydrogen) atoms. The maximum absolute atomic E-state index is 12.1. The van der Waals surface area contributed by atoms with Gasteiger partial charge < -0.3 is 5.73 Å². The molecular formula is C8H11N5O2S2. The second kappa shape index (κ2) is 4.43. The van der Waals surface area contributed by atoms with Crippen LogP contribution < -0.4 is 5.73 Å². The Bertz CT molecular complexity index is 589. The summed E-state index contributed by atoms with van der Waals surface area (Å²) >= 11 is 1.10. The van der Waals surface area contributed by atoms with Gasteiger partial charge in [-0.3, -0.25) is 5.10 Å². The summed E-state index contributed by atoms with van der Waals surface area (Å²) in [5, 5.41) is 7.86. The van der Waals surface area contributed by atoms with E-state index >= 15 is 0 Å². The second-order valence-electron chi connectivity index (χ2n) is 3.39. The number of rotatable bonds is 4. The second-order valence-corrected chi connectivity index (χ2v) is 6.58. The summed E-state index contributed by atoms with van der Waals surface area (Å²) in [6.07, 6.45) is 1.33. The first-order chi connectivity index (χ1) is 8.00. The molecule has 0 saturated heterocycles. The van der Waals surface area contributed by atoms with Crippen LogP contribution >= 0.6 is 11.3 Å². The quantitative estimate of drug-likeness (QED) is 0.831. The molecule has 0 bridgehead atoms. The number of anilines is 1. The van der Waals surface area contributed by atoms with Crippen molar-refractivity contribution in [3.8, 4) is 0 Å². The van der Waals surface area contributed by atoms with Crippen LogP contribution in [0.4, 0.5) is 5.69 Å². The van der Waals surface area contributed by atoms with Crippen molar-refractivity contribution in [3.63, 3.8) is 0 Å². The largest absolute Gasteiger partial charge is 0.398 e. The number of thiophene rings is 1. The molecule has 92 valence electrons. The van der Waals surface area contributed by atoms with Crippen LogP contribution in [-0.4, -0.2) is 35.0 Å². The predicted octanol–water partition coefficient (Wildman–Crippen LogP) is 0.269. The van der Waals surface area contributed by atoms with Gasteiger partial charge in [0.05, 0.1) is 6.54 Å². The van der Waals surface area contributed by atoms with Gasteiger partial charge in [0.2, 0.25) is 0 Å². The summed E-state index contributed by atoms with van der Waals surface area (Å²) < 4.78 is 25.6. The molecule has 0 aliphatic carbocycles. The maximum Gasteiger partial charge on any atom is 0.252 e. The van der Waals surface area contributed by atoms with E-state index in [1.165, 1.54) is 23.7 Å². The average Bonchev–Trinajstić information content (AvgIpc) is 2.89. The lowest BCUT2D eigenvalue weighted by atomic mass is 10.6. The summed E-state index contributed by atoms with van der Waals surface area (Å²) in [6, 6.07) is 1.44. The third-order valence-electron chi connectivity index (χ3n) is 2.10. The van der Waals surface area contributed by atoms with Crippen LogP contribution in [0.2, 0.25) is 0 Å². The molecule has 0 spiro atoms. The molecule has 0 aliphatic rings. The van der Waals surface area contributed by atoms with Gasteiger partial charge in [0.15, 0.2) is 0 Å². The topological polar surface area (TPSA) is 105 Å². The van der Waals surface area contributed by atoms with Crippen LogP contribution in [0, 0.1) is 0 Å². The number of H-pyrrole nitrogens is 1. The van der Waals surface area contributed by atoms with E-state index in [4.69, 9.17) is 5.73 Å². The van der Waals surface area contributed by atoms with E-state index in [-0.39, 0.29) is 10.8 Å². The number of nitrogens with zero attached hydrogens (tertiary/aromatic N) is 3. The fourth-order valence-electron chi connectivity index (χ4n) is 1.22. The highest BCUT2D eigenvalue weighted by Gasteiger charge is 2.23. The molecular weight excluding hydrogens is 262 g/mol. The van der Waals surface area contributed by atoms with E-state index < -0.39 is 10.0 Å². The smallest absolute Gasteiger partial charge is 0.252 e. The fourth-order valence-corrected chi connectivity index (χ4v) is 3.64. The molecule has 7 nitrogen and oxygen atoms in total. The molecule has 2 rings (SSSR count). The summed E-state index contributed by atoms with van der Waals surface area (Å²) in [5.41, 5.74) is 5.96. The highest BCUT2D eigenvalue weighted by Crippen LogP contribution is 2.24. The Morgan fingerprint density at radius 3 is 2.88 bits per heavy atom. The van der Waals surface area contributed by atoms with Gasteiger partial charge in [-0.2, -0.15) is 9.40 Å². The first kappa shape index (κ1) is 12.0. The summed E-state index contributed by atoms with van der Waals surface area (Å²) in [7, 11) is -2.03. The van der Waals surface area contributed by atoms with Gasteiger partial charge in [0.25, 0.3) is 10.0 Å². The summed E-state index contributed by atoms with van der Waals surface area (Å²) in [5.74, 6) is 0.487. The molecule has 0 fully saturated rings. The van der Waals surface area contributed by atoms with E-state index in [9.17, 15) is 8.42 Å². The molecule has 0 atom stereocenters. The zero-order valence-electron chi connectivity index (χ0n) is 8.99. The maximum atomic E-state index is 12.1. The standard InChI is InChI=1S/C8H11N5O2S2/c1-13(3-7-10-5-11-12-7)17(14,15)8-2-6(9)4-16-8/h2,4-5H,3,9H2,1H3,(H,10,11,12). The van der Waals surface area contributed by atoms with Crippen molar-refractivity contribution in [2.24, 2.45) is 0 Å². The molecule has 2 aromatic heterocycles. The van der Waals surface area contributed by atoms with Gasteiger partial charge in [-0.1, -0.05) is 0 Å². The highest BCUT2D eigenvalue weighted by atomic mass is 32.2. The van der Waals surface area contributed by atoms with E-state index in [0.29, 0.717) is 11.5 Å². The van der Waals surface area contributed by atoms with Gasteiger partial charge in [0.1, 0.15) is 16.4 Å². The van der Waals surface area contributed by atoms with Crippen LogP contribution in [-0.2, 0) is 16.6 Å². The minimum absolute atomic E-state index is 0.139. The zero-order chi connectivity index (χ0) is 12.5. The van der Waals surface area contributed by atoms with Crippen LogP contribution in [0.25, 0.3) is 0 Å². The van der Waals surface area contributed by atoms with Crippen molar-refractivity contribution >= 4 is 27.0 Å². The van der Waals surface area contributed by atoms with E-state index in [1.54, 1.807) is 5.38 Å². The van der Waals surface area contributed by atoms with E-state index in [1.807, 2.05) is 0 Å². The van der Waals surface area contributed by atoms with Gasteiger partial charge in [-0.25, -0.2) is 13.4 Å². The molecule has 0 aromatic carbocycles. The molecule has 3 N–H and O–H groups in total. The summed E-state index contributed by atoms with van der Waals surface area (Å²) in [4.78, 5) is 3.87. The van der Waals surface area contributed by atoms with Crippen molar-refractivity contribution in [2.45, 2.75) is 10.8 Å². The van der Waals surface area contributed by atoms with Gasteiger partial charge in [-0.15, -0.1) is 11.3 Å². The molecule has 0 radical (unpaired) electrons. The van der Waals surface area contributed by atoms with Crippen molar-refractivity contribution in [1.29, 1.82) is 0 Å². The fraction of sp³-hybridized carbons (Fsp3) is 0.250. The molecule has 0 saturated carbocycles. The van der Waals surface area contributed by atoms with E-state index in [0.717, 1.165) is 11.3 Å². The van der Waals surface area contributed by atoms with Gasteiger partial charge in [-0.05, 0) is 6.07 Å². The lowest BCUT2D eigenvalue weighted by molar-refractivity contribution is 0.459. The Hall–Kier alpha value is -1.45. The Morgan fingerprint density at radius 1 is 1.59 bits per heavy atom. The van der Waals surface area contributed by atoms with Crippen LogP contribution in [0.5, 0.6) is 0 Å². The number of sulfonamides is 1. The van der Waals surface area contributed by atoms with Gasteiger partial charge >= 0.3 is 0 Å². The Morgan fingerprint density at radius 2 is 2.35 bits per heavy atom. The normalized spacial score (nSPS) is 12.1. The van der Waals surface area contributed by atoms with Crippen molar-refractivity contribution in [2.75, 3.05) is 12.8 Å². The first-order valence-electron chi connectivity index (χ1n) is 4.65. The zero-order valence-corrected chi connectivity index (χ0v) is 10.6. The SMILES string of the molecule is CN(Cc1ncn[nH]1)S(=O)(=O)c1cc(N)cs1. The molecule has 0 amide bonds. The Kier molecular flexibility index (Phi) is 3.13. The van der Waals surface area contributed by atoms with Crippen molar-refractivity contribution < 1.29 is 8.42 Å². The number of nitrogens with two attached hydrogens (primary N) is 1. The first-order valence-corrected chi connectivity index (χ1v) is 6.96. The van der Waals surface area contributed by atoms with Crippen molar-refractivity contribution in [1.82, 2.24) is 19.5 Å².